The molecule has 5 rings (SSSR count). The standard InChI is InChI=1S/C26H22ClNO4S/c1-15-9-11-18-16(13-15)5-4-8-23(18)33(31,32)17-10-12-21(27)20(14-17)24-25(29)19-6-2-3-7-22(19)28-26(24)30/h2-3,6-7,9-14,23H,4-5,8H2,1H3,(H2,28,29,30). The molecule has 0 radical (unpaired) electrons. The third-order valence-corrected chi connectivity index (χ3v) is 8.84. The zero-order valence-corrected chi connectivity index (χ0v) is 19.5. The maximum atomic E-state index is 13.7. The lowest BCUT2D eigenvalue weighted by Gasteiger charge is -2.26. The number of hydrogen-bond donors (Lipinski definition) is 2. The van der Waals surface area contributed by atoms with Gasteiger partial charge < -0.3 is 10.1 Å². The molecule has 0 saturated heterocycles. The number of fused-ring (bicyclic) bond motifs is 2. The van der Waals surface area contributed by atoms with Crippen LogP contribution < -0.4 is 5.56 Å². The second-order valence-corrected chi connectivity index (χ2v) is 11.0. The molecule has 7 heteroatoms. The van der Waals surface area contributed by atoms with Crippen LogP contribution in [-0.4, -0.2) is 18.5 Å². The zero-order chi connectivity index (χ0) is 23.3. The number of benzene rings is 3. The molecule has 1 aromatic heterocycles. The average molecular weight is 480 g/mol. The SMILES string of the molecule is Cc1ccc2c(c1)CCCC2S(=O)(=O)c1ccc(Cl)c(-c2c(O)c3ccccc3[nH]c2=O)c1. The number of aromatic nitrogens is 1. The molecule has 1 atom stereocenters. The predicted molar refractivity (Wildman–Crippen MR) is 131 cm³/mol. The fourth-order valence-corrected chi connectivity index (χ4v) is 6.86. The van der Waals surface area contributed by atoms with Crippen LogP contribution in [0.1, 0.15) is 34.8 Å². The Labute approximate surface area is 196 Å². The van der Waals surface area contributed by atoms with E-state index in [1.54, 1.807) is 24.3 Å². The largest absolute Gasteiger partial charge is 0.506 e. The number of pyridine rings is 1. The molecule has 0 bridgehead atoms. The molecule has 1 aliphatic rings. The van der Waals surface area contributed by atoms with E-state index in [2.05, 4.69) is 11.1 Å². The Morgan fingerprint density at radius 1 is 1.06 bits per heavy atom. The van der Waals surface area contributed by atoms with Gasteiger partial charge in [0.1, 0.15) is 5.75 Å². The van der Waals surface area contributed by atoms with Gasteiger partial charge >= 0.3 is 0 Å². The normalized spacial score (nSPS) is 16.0. The zero-order valence-electron chi connectivity index (χ0n) is 17.9. The Kier molecular flexibility index (Phi) is 5.30. The maximum absolute atomic E-state index is 13.7. The van der Waals surface area contributed by atoms with Crippen molar-refractivity contribution in [1.29, 1.82) is 0 Å². The van der Waals surface area contributed by atoms with Gasteiger partial charge in [0.2, 0.25) is 0 Å². The van der Waals surface area contributed by atoms with Crippen molar-refractivity contribution in [1.82, 2.24) is 4.98 Å². The first kappa shape index (κ1) is 21.7. The van der Waals surface area contributed by atoms with E-state index in [9.17, 15) is 18.3 Å². The van der Waals surface area contributed by atoms with E-state index >= 15 is 0 Å². The van der Waals surface area contributed by atoms with E-state index in [-0.39, 0.29) is 26.8 Å². The lowest BCUT2D eigenvalue weighted by molar-refractivity contribution is 0.482. The van der Waals surface area contributed by atoms with Crippen LogP contribution in [0.5, 0.6) is 5.75 Å². The summed E-state index contributed by atoms with van der Waals surface area (Å²) in [7, 11) is -3.76. The fraction of sp³-hybridized carbons (Fsp3) is 0.192. The van der Waals surface area contributed by atoms with Crippen molar-refractivity contribution >= 4 is 32.3 Å². The fourth-order valence-electron chi connectivity index (χ4n) is 4.73. The summed E-state index contributed by atoms with van der Waals surface area (Å²) in [6.45, 7) is 2.00. The predicted octanol–water partition coefficient (Wildman–Crippen LogP) is 5.71. The van der Waals surface area contributed by atoms with Gasteiger partial charge in [0, 0.05) is 16.0 Å². The highest BCUT2D eigenvalue weighted by atomic mass is 35.5. The minimum absolute atomic E-state index is 0.0459. The molecule has 1 unspecified atom stereocenters. The van der Waals surface area contributed by atoms with Crippen molar-refractivity contribution in [3.63, 3.8) is 0 Å². The molecule has 4 aromatic rings. The van der Waals surface area contributed by atoms with Gasteiger partial charge in [-0.05, 0) is 67.6 Å². The Hall–Kier alpha value is -3.09. The summed E-state index contributed by atoms with van der Waals surface area (Å²) < 4.78 is 27.4. The molecule has 1 aliphatic carbocycles. The average Bonchev–Trinajstić information content (AvgIpc) is 2.79. The lowest BCUT2D eigenvalue weighted by atomic mass is 9.90. The number of H-pyrrole nitrogens is 1. The molecule has 0 saturated carbocycles. The highest BCUT2D eigenvalue weighted by molar-refractivity contribution is 7.91. The summed E-state index contributed by atoms with van der Waals surface area (Å²) in [4.78, 5) is 15.7. The molecule has 0 amide bonds. The number of aryl methyl sites for hydroxylation is 2. The summed E-state index contributed by atoms with van der Waals surface area (Å²) in [6, 6.07) is 17.1. The molecule has 0 fully saturated rings. The van der Waals surface area contributed by atoms with Crippen molar-refractivity contribution in [3.8, 4) is 16.9 Å². The number of para-hydroxylation sites is 1. The topological polar surface area (TPSA) is 87.2 Å². The molecule has 2 N–H and O–H groups in total. The lowest BCUT2D eigenvalue weighted by Crippen LogP contribution is -2.19. The monoisotopic (exact) mass is 479 g/mol. The quantitative estimate of drug-likeness (QED) is 0.393. The van der Waals surface area contributed by atoms with Crippen molar-refractivity contribution in [2.24, 2.45) is 0 Å². The van der Waals surface area contributed by atoms with E-state index in [1.165, 1.54) is 18.2 Å². The van der Waals surface area contributed by atoms with Crippen LogP contribution in [0, 0.1) is 6.92 Å². The number of sulfone groups is 1. The highest BCUT2D eigenvalue weighted by Gasteiger charge is 2.33. The Morgan fingerprint density at radius 2 is 1.85 bits per heavy atom. The van der Waals surface area contributed by atoms with Crippen molar-refractivity contribution in [2.75, 3.05) is 0 Å². The highest BCUT2D eigenvalue weighted by Crippen LogP contribution is 2.42. The summed E-state index contributed by atoms with van der Waals surface area (Å²) in [5, 5.41) is 10.8. The Bertz CT molecular complexity index is 1570. The molecule has 1 heterocycles. The first-order valence-electron chi connectivity index (χ1n) is 10.7. The number of aromatic hydroxyl groups is 1. The summed E-state index contributed by atoms with van der Waals surface area (Å²) in [5.74, 6) is -0.232. The molecule has 5 nitrogen and oxygen atoms in total. The van der Waals surface area contributed by atoms with E-state index in [0.29, 0.717) is 17.3 Å². The summed E-state index contributed by atoms with van der Waals surface area (Å²) in [6.07, 6.45) is 2.17. The van der Waals surface area contributed by atoms with E-state index in [4.69, 9.17) is 11.6 Å². The first-order valence-corrected chi connectivity index (χ1v) is 12.7. The van der Waals surface area contributed by atoms with Gasteiger partial charge in [-0.25, -0.2) is 8.42 Å². The van der Waals surface area contributed by atoms with Gasteiger partial charge in [0.15, 0.2) is 9.84 Å². The van der Waals surface area contributed by atoms with Crippen LogP contribution in [0.4, 0.5) is 0 Å². The molecular weight excluding hydrogens is 458 g/mol. The van der Waals surface area contributed by atoms with Gasteiger partial charge in [0.25, 0.3) is 5.56 Å². The van der Waals surface area contributed by atoms with Gasteiger partial charge in [-0.1, -0.05) is 47.5 Å². The van der Waals surface area contributed by atoms with Crippen LogP contribution in [0.2, 0.25) is 5.02 Å². The number of aromatic amines is 1. The van der Waals surface area contributed by atoms with E-state index < -0.39 is 20.6 Å². The van der Waals surface area contributed by atoms with Crippen molar-refractivity contribution in [3.05, 3.63) is 92.7 Å². The first-order chi connectivity index (χ1) is 15.8. The number of nitrogens with one attached hydrogen (secondary N) is 1. The summed E-state index contributed by atoms with van der Waals surface area (Å²) >= 11 is 6.40. The van der Waals surface area contributed by atoms with Gasteiger partial charge in [-0.15, -0.1) is 0 Å². The molecular formula is C26H22ClNO4S. The summed E-state index contributed by atoms with van der Waals surface area (Å²) in [5.41, 5.74) is 3.07. The van der Waals surface area contributed by atoms with Crippen LogP contribution in [0.15, 0.2) is 70.4 Å². The second-order valence-electron chi connectivity index (χ2n) is 8.49. The van der Waals surface area contributed by atoms with E-state index in [0.717, 1.165) is 29.5 Å². The molecule has 168 valence electrons. The van der Waals surface area contributed by atoms with Crippen molar-refractivity contribution in [2.45, 2.75) is 36.3 Å². The van der Waals surface area contributed by atoms with Crippen LogP contribution in [0.3, 0.4) is 0 Å². The Morgan fingerprint density at radius 3 is 2.67 bits per heavy atom. The minimum atomic E-state index is -3.76. The maximum Gasteiger partial charge on any atom is 0.260 e. The third-order valence-electron chi connectivity index (χ3n) is 6.36. The number of rotatable bonds is 3. The van der Waals surface area contributed by atoms with Crippen LogP contribution >= 0.6 is 11.6 Å². The Balaban J connectivity index is 1.67. The van der Waals surface area contributed by atoms with Crippen LogP contribution in [-0.2, 0) is 16.3 Å². The van der Waals surface area contributed by atoms with Gasteiger partial charge in [-0.2, -0.15) is 0 Å². The third kappa shape index (κ3) is 3.63. The van der Waals surface area contributed by atoms with Crippen LogP contribution in [0.25, 0.3) is 22.0 Å². The number of halogens is 1. The van der Waals surface area contributed by atoms with Crippen molar-refractivity contribution < 1.29 is 13.5 Å². The van der Waals surface area contributed by atoms with Gasteiger partial charge in [0.05, 0.1) is 21.2 Å². The minimum Gasteiger partial charge on any atom is -0.506 e. The van der Waals surface area contributed by atoms with E-state index in [1.807, 2.05) is 19.1 Å². The number of hydrogen-bond acceptors (Lipinski definition) is 4. The second kappa shape index (κ2) is 8.04. The molecule has 33 heavy (non-hydrogen) atoms. The van der Waals surface area contributed by atoms with Gasteiger partial charge in [-0.3, -0.25) is 4.79 Å². The smallest absolute Gasteiger partial charge is 0.260 e. The molecule has 0 spiro atoms. The molecule has 0 aliphatic heterocycles. The molecule has 3 aromatic carbocycles.